The molecule has 1 aromatic rings. The summed E-state index contributed by atoms with van der Waals surface area (Å²) in [5, 5.41) is 1.74. The van der Waals surface area contributed by atoms with Crippen LogP contribution in [0.1, 0.15) is 11.1 Å². The van der Waals surface area contributed by atoms with Crippen LogP contribution in [-0.4, -0.2) is 31.8 Å². The minimum Gasteiger partial charge on any atom is -0.483 e. The standard InChI is InChI=1S/C13H17F3N2O2/c1-9-2-3-11(10(6-9)4-5-17)20-7-12(19)18-8-13(14,15)16/h2-3,6H,4-5,7-8,17H2,1H3,(H,18,19). The van der Waals surface area contributed by atoms with E-state index in [1.165, 1.54) is 0 Å². The van der Waals surface area contributed by atoms with Crippen LogP contribution in [0.3, 0.4) is 0 Å². The number of carbonyl (C=O) groups excluding carboxylic acids is 1. The van der Waals surface area contributed by atoms with Crippen LogP contribution in [0, 0.1) is 6.92 Å². The third-order valence-corrected chi connectivity index (χ3v) is 2.47. The second-order valence-corrected chi connectivity index (χ2v) is 4.33. The second kappa shape index (κ2) is 7.14. The Hall–Kier alpha value is -1.76. The lowest BCUT2D eigenvalue weighted by Gasteiger charge is -2.12. The number of alkyl halides is 3. The van der Waals surface area contributed by atoms with E-state index in [1.54, 1.807) is 17.4 Å². The summed E-state index contributed by atoms with van der Waals surface area (Å²) in [4.78, 5) is 11.2. The Labute approximate surface area is 115 Å². The lowest BCUT2D eigenvalue weighted by atomic mass is 10.1. The number of rotatable bonds is 6. The third-order valence-electron chi connectivity index (χ3n) is 2.47. The first kappa shape index (κ1) is 16.3. The zero-order chi connectivity index (χ0) is 15.2. The summed E-state index contributed by atoms with van der Waals surface area (Å²) in [6.45, 7) is 0.495. The van der Waals surface area contributed by atoms with Crippen molar-refractivity contribution >= 4 is 5.91 Å². The van der Waals surface area contributed by atoms with Crippen molar-refractivity contribution in [2.24, 2.45) is 5.73 Å². The van der Waals surface area contributed by atoms with Gasteiger partial charge in [0.05, 0.1) is 0 Å². The molecule has 20 heavy (non-hydrogen) atoms. The summed E-state index contributed by atoms with van der Waals surface area (Å²) in [7, 11) is 0. The molecule has 0 aromatic heterocycles. The molecule has 0 saturated carbocycles. The molecule has 1 amide bonds. The predicted octanol–water partition coefficient (Wildman–Crippen LogP) is 1.55. The van der Waals surface area contributed by atoms with Gasteiger partial charge in [0.15, 0.2) is 6.61 Å². The smallest absolute Gasteiger partial charge is 0.405 e. The molecule has 0 bridgehead atoms. The SMILES string of the molecule is Cc1ccc(OCC(=O)NCC(F)(F)F)c(CCN)c1. The fourth-order valence-electron chi connectivity index (χ4n) is 1.59. The number of amides is 1. The molecule has 0 spiro atoms. The van der Waals surface area contributed by atoms with E-state index in [2.05, 4.69) is 0 Å². The highest BCUT2D eigenvalue weighted by Gasteiger charge is 2.27. The van der Waals surface area contributed by atoms with Crippen LogP contribution in [0.15, 0.2) is 18.2 Å². The first-order chi connectivity index (χ1) is 9.31. The maximum atomic E-state index is 11.9. The van der Waals surface area contributed by atoms with Crippen molar-refractivity contribution in [3.05, 3.63) is 29.3 Å². The molecule has 0 unspecified atom stereocenters. The average Bonchev–Trinajstić information content (AvgIpc) is 2.35. The fraction of sp³-hybridized carbons (Fsp3) is 0.462. The van der Waals surface area contributed by atoms with Crippen LogP contribution < -0.4 is 15.8 Å². The van der Waals surface area contributed by atoms with Gasteiger partial charge in [-0.2, -0.15) is 13.2 Å². The molecule has 0 radical (unpaired) electrons. The molecule has 112 valence electrons. The molecule has 0 aliphatic heterocycles. The van der Waals surface area contributed by atoms with Gasteiger partial charge in [0.2, 0.25) is 0 Å². The van der Waals surface area contributed by atoms with Gasteiger partial charge in [0.1, 0.15) is 12.3 Å². The summed E-state index contributed by atoms with van der Waals surface area (Å²) < 4.78 is 41.0. The summed E-state index contributed by atoms with van der Waals surface area (Å²) in [5.41, 5.74) is 7.32. The minimum atomic E-state index is -4.43. The van der Waals surface area contributed by atoms with Gasteiger partial charge in [0.25, 0.3) is 5.91 Å². The number of halogens is 3. The zero-order valence-electron chi connectivity index (χ0n) is 11.1. The Morgan fingerprint density at radius 1 is 1.40 bits per heavy atom. The number of nitrogens with one attached hydrogen (secondary N) is 1. The van der Waals surface area contributed by atoms with Gasteiger partial charge >= 0.3 is 6.18 Å². The lowest BCUT2D eigenvalue weighted by molar-refractivity contribution is -0.139. The maximum absolute atomic E-state index is 11.9. The van der Waals surface area contributed by atoms with Crippen molar-refractivity contribution < 1.29 is 22.7 Å². The Morgan fingerprint density at radius 2 is 2.10 bits per heavy atom. The third kappa shape index (κ3) is 5.92. The average molecular weight is 290 g/mol. The van der Waals surface area contributed by atoms with Gasteiger partial charge < -0.3 is 15.8 Å². The lowest BCUT2D eigenvalue weighted by Crippen LogP contribution is -2.36. The number of benzene rings is 1. The number of ether oxygens (including phenoxy) is 1. The number of nitrogens with two attached hydrogens (primary N) is 1. The van der Waals surface area contributed by atoms with Crippen LogP contribution >= 0.6 is 0 Å². The summed E-state index contributed by atoms with van der Waals surface area (Å²) in [6.07, 6.45) is -3.86. The largest absolute Gasteiger partial charge is 0.483 e. The fourth-order valence-corrected chi connectivity index (χ4v) is 1.59. The molecule has 0 aliphatic rings. The highest BCUT2D eigenvalue weighted by Crippen LogP contribution is 2.20. The van der Waals surface area contributed by atoms with E-state index < -0.39 is 25.2 Å². The summed E-state index contributed by atoms with van der Waals surface area (Å²) in [5.74, 6) is -0.357. The van der Waals surface area contributed by atoms with E-state index >= 15 is 0 Å². The van der Waals surface area contributed by atoms with Crippen molar-refractivity contribution in [1.82, 2.24) is 5.32 Å². The quantitative estimate of drug-likeness (QED) is 0.835. The summed E-state index contributed by atoms with van der Waals surface area (Å²) >= 11 is 0. The van der Waals surface area contributed by atoms with Crippen molar-refractivity contribution in [2.75, 3.05) is 19.7 Å². The van der Waals surface area contributed by atoms with Crippen molar-refractivity contribution in [3.8, 4) is 5.75 Å². The number of aryl methyl sites for hydroxylation is 1. The van der Waals surface area contributed by atoms with Crippen LogP contribution in [0.2, 0.25) is 0 Å². The number of hydrogen-bond donors (Lipinski definition) is 2. The Kier molecular flexibility index (Phi) is 5.82. The van der Waals surface area contributed by atoms with Gasteiger partial charge in [-0.25, -0.2) is 0 Å². The van der Waals surface area contributed by atoms with E-state index in [0.717, 1.165) is 11.1 Å². The van der Waals surface area contributed by atoms with E-state index in [-0.39, 0.29) is 0 Å². The van der Waals surface area contributed by atoms with Gasteiger partial charge in [-0.15, -0.1) is 0 Å². The van der Waals surface area contributed by atoms with Gasteiger partial charge in [-0.3, -0.25) is 4.79 Å². The Bertz CT molecular complexity index is 461. The van der Waals surface area contributed by atoms with Crippen LogP contribution in [-0.2, 0) is 11.2 Å². The molecule has 0 saturated heterocycles. The molecule has 0 aliphatic carbocycles. The Balaban J connectivity index is 2.54. The van der Waals surface area contributed by atoms with Crippen LogP contribution in [0.5, 0.6) is 5.75 Å². The molecule has 3 N–H and O–H groups in total. The van der Waals surface area contributed by atoms with Gasteiger partial charge in [-0.05, 0) is 31.5 Å². The van der Waals surface area contributed by atoms with E-state index in [1.807, 2.05) is 13.0 Å². The first-order valence-corrected chi connectivity index (χ1v) is 6.07. The molecule has 0 heterocycles. The van der Waals surface area contributed by atoms with Crippen molar-refractivity contribution in [3.63, 3.8) is 0 Å². The maximum Gasteiger partial charge on any atom is 0.405 e. The number of hydrogen-bond acceptors (Lipinski definition) is 3. The van der Waals surface area contributed by atoms with Crippen LogP contribution in [0.25, 0.3) is 0 Å². The predicted molar refractivity (Wildman–Crippen MR) is 68.5 cm³/mol. The number of carbonyl (C=O) groups is 1. The molecule has 0 fully saturated rings. The molecular weight excluding hydrogens is 273 g/mol. The zero-order valence-corrected chi connectivity index (χ0v) is 11.1. The van der Waals surface area contributed by atoms with Gasteiger partial charge in [-0.1, -0.05) is 17.7 Å². The summed E-state index contributed by atoms with van der Waals surface area (Å²) in [6, 6.07) is 5.34. The van der Waals surface area contributed by atoms with Crippen LogP contribution in [0.4, 0.5) is 13.2 Å². The molecule has 4 nitrogen and oxygen atoms in total. The molecular formula is C13H17F3N2O2. The topological polar surface area (TPSA) is 64.3 Å². The normalized spacial score (nSPS) is 11.2. The highest BCUT2D eigenvalue weighted by atomic mass is 19.4. The monoisotopic (exact) mass is 290 g/mol. The molecule has 1 rings (SSSR count). The van der Waals surface area contributed by atoms with Crippen molar-refractivity contribution in [1.29, 1.82) is 0 Å². The molecule has 7 heteroatoms. The van der Waals surface area contributed by atoms with E-state index in [9.17, 15) is 18.0 Å². The molecule has 1 aromatic carbocycles. The van der Waals surface area contributed by atoms with Gasteiger partial charge in [0, 0.05) is 0 Å². The van der Waals surface area contributed by atoms with E-state index in [0.29, 0.717) is 18.7 Å². The minimum absolute atomic E-state index is 0.417. The Morgan fingerprint density at radius 3 is 2.70 bits per heavy atom. The van der Waals surface area contributed by atoms with E-state index in [4.69, 9.17) is 10.5 Å². The molecule has 0 atom stereocenters. The first-order valence-electron chi connectivity index (χ1n) is 6.07. The highest BCUT2D eigenvalue weighted by molar-refractivity contribution is 5.77. The van der Waals surface area contributed by atoms with Crippen molar-refractivity contribution in [2.45, 2.75) is 19.5 Å². The second-order valence-electron chi connectivity index (χ2n) is 4.33.